The maximum Gasteiger partial charge on any atom is 0.0699 e. The van der Waals surface area contributed by atoms with Crippen LogP contribution in [0.4, 0.5) is 0 Å². The molecule has 1 saturated heterocycles. The van der Waals surface area contributed by atoms with Gasteiger partial charge in [0.15, 0.2) is 0 Å². The van der Waals surface area contributed by atoms with Gasteiger partial charge in [-0.2, -0.15) is 0 Å². The summed E-state index contributed by atoms with van der Waals surface area (Å²) in [5.74, 6) is 0. The van der Waals surface area contributed by atoms with E-state index >= 15 is 0 Å². The van der Waals surface area contributed by atoms with E-state index in [0.29, 0.717) is 6.10 Å². The predicted octanol–water partition coefficient (Wildman–Crippen LogP) is 4.82. The highest BCUT2D eigenvalue weighted by atomic mass is 16.5. The number of ether oxygens (including phenoxy) is 1. The third-order valence-electron chi connectivity index (χ3n) is 5.01. The molecule has 1 aliphatic heterocycles. The van der Waals surface area contributed by atoms with Crippen molar-refractivity contribution in [3.63, 3.8) is 0 Å². The molecule has 0 bridgehead atoms. The molecule has 1 heterocycles. The maximum absolute atomic E-state index is 5.84. The van der Waals surface area contributed by atoms with Crippen LogP contribution in [0.5, 0.6) is 0 Å². The average Bonchev–Trinajstić information content (AvgIpc) is 2.48. The Labute approximate surface area is 126 Å². The van der Waals surface area contributed by atoms with Crippen molar-refractivity contribution in [1.82, 2.24) is 5.32 Å². The zero-order valence-electron chi connectivity index (χ0n) is 13.4. The minimum absolute atomic E-state index is 0.491. The first kappa shape index (κ1) is 16.3. The molecule has 0 aromatic carbocycles. The fourth-order valence-electron chi connectivity index (χ4n) is 3.63. The van der Waals surface area contributed by atoms with Crippen LogP contribution in [0.15, 0.2) is 0 Å². The molecule has 1 saturated carbocycles. The van der Waals surface area contributed by atoms with Crippen molar-refractivity contribution in [1.29, 1.82) is 0 Å². The summed E-state index contributed by atoms with van der Waals surface area (Å²) in [5.41, 5.74) is 0. The highest BCUT2D eigenvalue weighted by Crippen LogP contribution is 2.18. The Bertz CT molecular complexity index is 213. The van der Waals surface area contributed by atoms with Gasteiger partial charge in [-0.05, 0) is 32.1 Å². The van der Waals surface area contributed by atoms with E-state index in [1.807, 2.05) is 0 Å². The lowest BCUT2D eigenvalue weighted by molar-refractivity contribution is 0.0149. The van der Waals surface area contributed by atoms with Crippen LogP contribution in [0.2, 0.25) is 0 Å². The minimum Gasteiger partial charge on any atom is -0.377 e. The first-order chi connectivity index (χ1) is 9.95. The standard InChI is InChI=1S/C18H35NO/c1-2-4-6-8-12-17(13-9-7-5-3-1)19-16-18-14-10-11-15-20-18/h17-19H,1-16H2. The molecule has 2 heteroatoms. The van der Waals surface area contributed by atoms with Gasteiger partial charge in [0.1, 0.15) is 0 Å². The Kier molecular flexibility index (Phi) is 8.65. The lowest BCUT2D eigenvalue weighted by Crippen LogP contribution is -2.38. The van der Waals surface area contributed by atoms with Gasteiger partial charge in [0.25, 0.3) is 0 Å². The Morgan fingerprint density at radius 2 is 1.20 bits per heavy atom. The van der Waals surface area contributed by atoms with Crippen molar-refractivity contribution in [3.05, 3.63) is 0 Å². The zero-order chi connectivity index (χ0) is 13.9. The summed E-state index contributed by atoms with van der Waals surface area (Å²) < 4.78 is 5.84. The second-order valence-corrected chi connectivity index (χ2v) is 6.85. The van der Waals surface area contributed by atoms with Crippen LogP contribution in [0.1, 0.15) is 89.9 Å². The van der Waals surface area contributed by atoms with Gasteiger partial charge in [0.2, 0.25) is 0 Å². The van der Waals surface area contributed by atoms with Crippen molar-refractivity contribution >= 4 is 0 Å². The number of hydrogen-bond acceptors (Lipinski definition) is 2. The SMILES string of the molecule is C1CCCCCC(NCC2CCCCO2)CCCCC1. The molecule has 0 aromatic rings. The molecule has 0 radical (unpaired) electrons. The van der Waals surface area contributed by atoms with Gasteiger partial charge in [-0.1, -0.05) is 57.8 Å². The van der Waals surface area contributed by atoms with E-state index < -0.39 is 0 Å². The molecule has 1 aliphatic carbocycles. The predicted molar refractivity (Wildman–Crippen MR) is 86.2 cm³/mol. The third-order valence-corrected chi connectivity index (χ3v) is 5.01. The van der Waals surface area contributed by atoms with Gasteiger partial charge in [0.05, 0.1) is 6.10 Å². The molecule has 1 unspecified atom stereocenters. The highest BCUT2D eigenvalue weighted by Gasteiger charge is 2.16. The molecule has 2 aliphatic rings. The van der Waals surface area contributed by atoms with Crippen molar-refractivity contribution in [2.45, 2.75) is 102 Å². The highest BCUT2D eigenvalue weighted by molar-refractivity contribution is 4.73. The molecule has 0 aromatic heterocycles. The number of rotatable bonds is 3. The molecule has 0 spiro atoms. The van der Waals surface area contributed by atoms with Gasteiger partial charge < -0.3 is 10.1 Å². The molecule has 2 nitrogen and oxygen atoms in total. The van der Waals surface area contributed by atoms with Crippen molar-refractivity contribution in [2.75, 3.05) is 13.2 Å². The van der Waals surface area contributed by atoms with Gasteiger partial charge >= 0.3 is 0 Å². The second-order valence-electron chi connectivity index (χ2n) is 6.85. The summed E-state index contributed by atoms with van der Waals surface area (Å²) in [5, 5.41) is 3.82. The molecule has 2 rings (SSSR count). The van der Waals surface area contributed by atoms with Gasteiger partial charge in [-0.15, -0.1) is 0 Å². The topological polar surface area (TPSA) is 21.3 Å². The van der Waals surface area contributed by atoms with E-state index in [-0.39, 0.29) is 0 Å². The Hall–Kier alpha value is -0.0800. The van der Waals surface area contributed by atoms with Crippen LogP contribution < -0.4 is 5.32 Å². The number of nitrogens with one attached hydrogen (secondary N) is 1. The first-order valence-corrected chi connectivity index (χ1v) is 9.30. The zero-order valence-corrected chi connectivity index (χ0v) is 13.4. The van der Waals surface area contributed by atoms with Crippen LogP contribution in [0, 0.1) is 0 Å². The van der Waals surface area contributed by atoms with Gasteiger partial charge in [-0.3, -0.25) is 0 Å². The Morgan fingerprint density at radius 3 is 1.75 bits per heavy atom. The fraction of sp³-hybridized carbons (Fsp3) is 1.00. The largest absolute Gasteiger partial charge is 0.377 e. The van der Waals surface area contributed by atoms with E-state index in [9.17, 15) is 0 Å². The third kappa shape index (κ3) is 7.08. The van der Waals surface area contributed by atoms with Crippen molar-refractivity contribution < 1.29 is 4.74 Å². The van der Waals surface area contributed by atoms with E-state index in [2.05, 4.69) is 5.32 Å². The lowest BCUT2D eigenvalue weighted by Gasteiger charge is -2.26. The quantitative estimate of drug-likeness (QED) is 0.801. The first-order valence-electron chi connectivity index (χ1n) is 9.30. The van der Waals surface area contributed by atoms with Crippen LogP contribution in [0.25, 0.3) is 0 Å². The van der Waals surface area contributed by atoms with Gasteiger partial charge in [-0.25, -0.2) is 0 Å². The van der Waals surface area contributed by atoms with E-state index in [1.165, 1.54) is 89.9 Å². The summed E-state index contributed by atoms with van der Waals surface area (Å²) >= 11 is 0. The average molecular weight is 281 g/mol. The summed E-state index contributed by atoms with van der Waals surface area (Å²) in [7, 11) is 0. The van der Waals surface area contributed by atoms with Crippen LogP contribution >= 0.6 is 0 Å². The fourth-order valence-corrected chi connectivity index (χ4v) is 3.63. The summed E-state index contributed by atoms with van der Waals surface area (Å²) in [6, 6.07) is 0.750. The molecular formula is C18H35NO. The Balaban J connectivity index is 1.65. The Morgan fingerprint density at radius 1 is 0.650 bits per heavy atom. The van der Waals surface area contributed by atoms with Crippen LogP contribution in [-0.2, 0) is 4.74 Å². The number of hydrogen-bond donors (Lipinski definition) is 1. The molecule has 20 heavy (non-hydrogen) atoms. The summed E-state index contributed by atoms with van der Waals surface area (Å²) in [4.78, 5) is 0. The smallest absolute Gasteiger partial charge is 0.0699 e. The van der Waals surface area contributed by atoms with E-state index in [0.717, 1.165) is 19.2 Å². The van der Waals surface area contributed by atoms with Crippen LogP contribution in [-0.4, -0.2) is 25.3 Å². The monoisotopic (exact) mass is 281 g/mol. The van der Waals surface area contributed by atoms with E-state index in [4.69, 9.17) is 4.74 Å². The molecule has 0 amide bonds. The summed E-state index contributed by atoms with van der Waals surface area (Å²) in [6.45, 7) is 2.07. The van der Waals surface area contributed by atoms with Gasteiger partial charge in [0, 0.05) is 19.2 Å². The lowest BCUT2D eigenvalue weighted by atomic mass is 9.97. The summed E-state index contributed by atoms with van der Waals surface area (Å²) in [6.07, 6.45) is 20.2. The normalized spacial score (nSPS) is 28.5. The molecule has 2 fully saturated rings. The van der Waals surface area contributed by atoms with Crippen molar-refractivity contribution in [3.8, 4) is 0 Å². The second kappa shape index (κ2) is 10.6. The maximum atomic E-state index is 5.84. The van der Waals surface area contributed by atoms with E-state index in [1.54, 1.807) is 0 Å². The minimum atomic E-state index is 0.491. The molecule has 118 valence electrons. The van der Waals surface area contributed by atoms with Crippen molar-refractivity contribution in [2.24, 2.45) is 0 Å². The van der Waals surface area contributed by atoms with Crippen LogP contribution in [0.3, 0.4) is 0 Å². The molecule has 1 N–H and O–H groups in total. The molecule has 1 atom stereocenters. The molecular weight excluding hydrogens is 246 g/mol.